The summed E-state index contributed by atoms with van der Waals surface area (Å²) in [7, 11) is 1.44. The van der Waals surface area contributed by atoms with Crippen molar-refractivity contribution in [1.29, 1.82) is 0 Å². The van der Waals surface area contributed by atoms with Gasteiger partial charge in [0.15, 0.2) is 0 Å². The van der Waals surface area contributed by atoms with Gasteiger partial charge in [0.05, 0.1) is 36.6 Å². The van der Waals surface area contributed by atoms with Crippen LogP contribution < -0.4 is 15.4 Å². The Labute approximate surface area is 270 Å². The molecule has 1 saturated heterocycles. The molecule has 4 atom stereocenters. The van der Waals surface area contributed by atoms with Crippen LogP contribution in [0.3, 0.4) is 0 Å². The second-order valence-corrected chi connectivity index (χ2v) is 11.7. The third-order valence-corrected chi connectivity index (χ3v) is 8.24. The number of amides is 2. The normalized spacial score (nSPS) is 16.8. The molecule has 1 aromatic heterocycles. The molecule has 1 aliphatic rings. The third-order valence-electron chi connectivity index (χ3n) is 8.24. The zero-order chi connectivity index (χ0) is 33.7. The number of aromatic nitrogens is 1. The van der Waals surface area contributed by atoms with E-state index in [4.69, 9.17) is 9.15 Å². The minimum absolute atomic E-state index is 0.0349. The fourth-order valence-electron chi connectivity index (χ4n) is 5.77. The molecule has 248 valence electrons. The Bertz CT molecular complexity index is 1690. The number of aliphatic hydroxyl groups excluding tert-OH is 1. The minimum Gasteiger partial charge on any atom is -0.497 e. The van der Waals surface area contributed by atoms with E-state index in [2.05, 4.69) is 15.6 Å². The molecule has 1 fully saturated rings. The maximum atomic E-state index is 13.7. The van der Waals surface area contributed by atoms with E-state index < -0.39 is 35.8 Å². The second kappa shape index (κ2) is 14.4. The van der Waals surface area contributed by atoms with Crippen molar-refractivity contribution in [2.45, 2.75) is 63.6 Å². The number of hydrogen-bond donors (Lipinski definition) is 3. The molecule has 3 aromatic carbocycles. The summed E-state index contributed by atoms with van der Waals surface area (Å²) in [5, 5.41) is 17.4. The van der Waals surface area contributed by atoms with Gasteiger partial charge in [0.25, 0.3) is 11.8 Å². The number of methoxy groups -OCH3 is 1. The molecule has 2 amide bonds. The summed E-state index contributed by atoms with van der Waals surface area (Å²) in [5.74, 6) is -0.0729. The van der Waals surface area contributed by atoms with Crippen LogP contribution in [0.25, 0.3) is 0 Å². The Kier molecular flexibility index (Phi) is 10.3. The highest BCUT2D eigenvalue weighted by Crippen LogP contribution is 2.34. The Hall–Kier alpha value is -4.68. The predicted octanol–water partition coefficient (Wildman–Crippen LogP) is 6.00. The topological polar surface area (TPSA) is 117 Å². The van der Waals surface area contributed by atoms with Crippen LogP contribution in [0.5, 0.6) is 5.75 Å². The summed E-state index contributed by atoms with van der Waals surface area (Å²) >= 11 is 0. The van der Waals surface area contributed by atoms with Gasteiger partial charge in [-0.2, -0.15) is 13.2 Å². The summed E-state index contributed by atoms with van der Waals surface area (Å²) in [4.78, 5) is 33.3. The van der Waals surface area contributed by atoms with E-state index in [9.17, 15) is 27.9 Å². The number of benzene rings is 3. The zero-order valence-electron chi connectivity index (χ0n) is 26.3. The Morgan fingerprint density at radius 1 is 1.09 bits per heavy atom. The number of rotatable bonds is 11. The number of hydrogen-bond acceptors (Lipinski definition) is 7. The molecule has 4 aromatic rings. The van der Waals surface area contributed by atoms with E-state index in [1.54, 1.807) is 54.5 Å². The van der Waals surface area contributed by atoms with Crippen LogP contribution in [-0.2, 0) is 12.7 Å². The summed E-state index contributed by atoms with van der Waals surface area (Å²) < 4.78 is 50.8. The number of aliphatic hydroxyl groups is 1. The van der Waals surface area contributed by atoms with Crippen molar-refractivity contribution in [2.24, 2.45) is 0 Å². The summed E-state index contributed by atoms with van der Waals surface area (Å²) in [5.41, 5.74) is 1.43. The van der Waals surface area contributed by atoms with Crippen molar-refractivity contribution in [3.8, 4) is 5.75 Å². The van der Waals surface area contributed by atoms with Gasteiger partial charge in [-0.05, 0) is 62.1 Å². The minimum atomic E-state index is -4.48. The van der Waals surface area contributed by atoms with E-state index in [1.165, 1.54) is 25.3 Å². The van der Waals surface area contributed by atoms with Crippen molar-refractivity contribution in [1.82, 2.24) is 20.5 Å². The van der Waals surface area contributed by atoms with Gasteiger partial charge < -0.3 is 29.8 Å². The zero-order valence-corrected chi connectivity index (χ0v) is 26.3. The van der Waals surface area contributed by atoms with Crippen LogP contribution >= 0.6 is 0 Å². The molecular formula is C35H37F3N4O5. The van der Waals surface area contributed by atoms with Gasteiger partial charge in [-0.1, -0.05) is 48.5 Å². The van der Waals surface area contributed by atoms with Gasteiger partial charge in [-0.15, -0.1) is 0 Å². The molecule has 47 heavy (non-hydrogen) atoms. The lowest BCUT2D eigenvalue weighted by Gasteiger charge is -2.30. The molecule has 0 spiro atoms. The number of carbonyl (C=O) groups is 2. The lowest BCUT2D eigenvalue weighted by Crippen LogP contribution is -2.47. The monoisotopic (exact) mass is 650 g/mol. The van der Waals surface area contributed by atoms with Gasteiger partial charge in [0, 0.05) is 24.2 Å². The molecule has 12 heteroatoms. The molecule has 0 radical (unpaired) electrons. The maximum Gasteiger partial charge on any atom is 0.416 e. The molecule has 4 unspecified atom stereocenters. The first-order valence-corrected chi connectivity index (χ1v) is 15.3. The van der Waals surface area contributed by atoms with Crippen molar-refractivity contribution in [3.05, 3.63) is 118 Å². The van der Waals surface area contributed by atoms with Crippen LogP contribution in [-0.4, -0.2) is 52.6 Å². The van der Waals surface area contributed by atoms with Gasteiger partial charge in [0.1, 0.15) is 18.1 Å². The number of ether oxygens (including phenoxy) is 1. The molecule has 1 aliphatic heterocycles. The number of carbonyl (C=O) groups excluding carboxylic acids is 2. The second-order valence-electron chi connectivity index (χ2n) is 11.7. The van der Waals surface area contributed by atoms with E-state index in [-0.39, 0.29) is 29.6 Å². The average Bonchev–Trinajstić information content (AvgIpc) is 3.73. The number of nitrogens with one attached hydrogen (secondary N) is 2. The fourth-order valence-corrected chi connectivity index (χ4v) is 5.77. The number of nitrogens with zero attached hydrogens (tertiary/aromatic N) is 2. The molecule has 9 nitrogen and oxygen atoms in total. The van der Waals surface area contributed by atoms with E-state index in [0.717, 1.165) is 24.2 Å². The first-order chi connectivity index (χ1) is 22.4. The lowest BCUT2D eigenvalue weighted by atomic mass is 9.96. The molecule has 0 bridgehead atoms. The molecule has 5 rings (SSSR count). The highest BCUT2D eigenvalue weighted by atomic mass is 19.4. The number of halogens is 3. The van der Waals surface area contributed by atoms with Crippen molar-refractivity contribution >= 4 is 11.8 Å². The third kappa shape index (κ3) is 8.01. The molecule has 2 heterocycles. The van der Waals surface area contributed by atoms with Crippen molar-refractivity contribution in [3.63, 3.8) is 0 Å². The summed E-state index contributed by atoms with van der Waals surface area (Å²) in [6.45, 7) is 3.98. The SMILES string of the molecule is COc1cc(C(=O)NC(C)C(O)C(NCc2cccc(C(F)(F)F)c2)c2ccccc2)cc(C(=O)N2CCCC2c2nc(C)co2)c1. The van der Waals surface area contributed by atoms with E-state index >= 15 is 0 Å². The summed E-state index contributed by atoms with van der Waals surface area (Å²) in [6, 6.07) is 16.6. The number of alkyl halides is 3. The fraction of sp³-hybridized carbons (Fsp3) is 0.343. The Morgan fingerprint density at radius 3 is 2.51 bits per heavy atom. The van der Waals surface area contributed by atoms with Crippen molar-refractivity contribution in [2.75, 3.05) is 13.7 Å². The van der Waals surface area contributed by atoms with Gasteiger partial charge in [0.2, 0.25) is 5.89 Å². The number of aryl methyl sites for hydroxylation is 1. The van der Waals surface area contributed by atoms with Crippen LogP contribution in [0.15, 0.2) is 83.5 Å². The smallest absolute Gasteiger partial charge is 0.416 e. The van der Waals surface area contributed by atoms with Gasteiger partial charge in [-0.3, -0.25) is 9.59 Å². The van der Waals surface area contributed by atoms with Crippen LogP contribution in [0.4, 0.5) is 13.2 Å². The predicted molar refractivity (Wildman–Crippen MR) is 168 cm³/mol. The van der Waals surface area contributed by atoms with Crippen LogP contribution in [0.1, 0.15) is 80.8 Å². The first-order valence-electron chi connectivity index (χ1n) is 15.3. The van der Waals surface area contributed by atoms with Gasteiger partial charge >= 0.3 is 6.18 Å². The van der Waals surface area contributed by atoms with Gasteiger partial charge in [-0.25, -0.2) is 4.98 Å². The highest BCUT2D eigenvalue weighted by Gasteiger charge is 2.35. The Balaban J connectivity index is 1.32. The largest absolute Gasteiger partial charge is 0.497 e. The number of oxazole rings is 1. The quantitative estimate of drug-likeness (QED) is 0.182. The maximum absolute atomic E-state index is 13.7. The molecule has 0 aliphatic carbocycles. The molecular weight excluding hydrogens is 613 g/mol. The lowest BCUT2D eigenvalue weighted by molar-refractivity contribution is -0.137. The van der Waals surface area contributed by atoms with Crippen LogP contribution in [0.2, 0.25) is 0 Å². The average molecular weight is 651 g/mol. The van der Waals surface area contributed by atoms with E-state index in [0.29, 0.717) is 35.7 Å². The summed E-state index contributed by atoms with van der Waals surface area (Å²) in [6.07, 6.45) is -2.65. The molecule has 0 saturated carbocycles. The highest BCUT2D eigenvalue weighted by molar-refractivity contribution is 6.00. The van der Waals surface area contributed by atoms with Crippen LogP contribution in [0, 0.1) is 6.92 Å². The van der Waals surface area contributed by atoms with E-state index in [1.807, 2.05) is 13.0 Å². The number of likely N-dealkylation sites (tertiary alicyclic amines) is 1. The Morgan fingerprint density at radius 2 is 1.83 bits per heavy atom. The van der Waals surface area contributed by atoms with Crippen molar-refractivity contribution < 1.29 is 37.0 Å². The standard InChI is InChI=1S/C35H37F3N4O5/c1-21-20-47-33(40-21)29-13-8-14-42(29)34(45)26-16-25(17-28(18-26)46-3)32(44)41-22(2)31(43)30(24-10-5-4-6-11-24)39-19-23-9-7-12-27(15-23)35(36,37)38/h4-7,9-12,15-18,20,22,29-31,39,43H,8,13-14,19H2,1-3H3,(H,41,44). The first kappa shape index (κ1) is 33.7. The molecule has 3 N–H and O–H groups in total.